The zero-order valence-corrected chi connectivity index (χ0v) is 14.1. The van der Waals surface area contributed by atoms with Gasteiger partial charge in [-0.05, 0) is 24.6 Å². The van der Waals surface area contributed by atoms with Gasteiger partial charge in [0.25, 0.3) is 5.91 Å². The second-order valence-corrected chi connectivity index (χ2v) is 6.39. The van der Waals surface area contributed by atoms with Gasteiger partial charge < -0.3 is 19.6 Å². The van der Waals surface area contributed by atoms with Gasteiger partial charge in [-0.3, -0.25) is 9.59 Å². The van der Waals surface area contributed by atoms with Crippen LogP contribution in [0.25, 0.3) is 0 Å². The third-order valence-electron chi connectivity index (χ3n) is 4.75. The van der Waals surface area contributed by atoms with E-state index in [9.17, 15) is 19.1 Å². The lowest BCUT2D eigenvalue weighted by atomic mass is 9.96. The summed E-state index contributed by atoms with van der Waals surface area (Å²) in [5, 5.41) is 10.2. The first kappa shape index (κ1) is 17.6. The number of hydrogen-bond acceptors (Lipinski definition) is 4. The van der Waals surface area contributed by atoms with Crippen molar-refractivity contribution in [3.05, 3.63) is 47.0 Å². The predicted octanol–water partition coefficient (Wildman–Crippen LogP) is 0.0252. The maximum atomic E-state index is 13.7. The van der Waals surface area contributed by atoms with Gasteiger partial charge in [0.15, 0.2) is 11.5 Å². The molecule has 7 heteroatoms. The van der Waals surface area contributed by atoms with Crippen molar-refractivity contribution < 1.29 is 28.7 Å². The van der Waals surface area contributed by atoms with E-state index in [0.29, 0.717) is 31.9 Å². The quantitative estimate of drug-likeness (QED) is 0.787. The van der Waals surface area contributed by atoms with Gasteiger partial charge in [0, 0.05) is 0 Å². The summed E-state index contributed by atoms with van der Waals surface area (Å²) in [5.74, 6) is -1.94. The zero-order chi connectivity index (χ0) is 18.0. The van der Waals surface area contributed by atoms with Crippen molar-refractivity contribution in [3.8, 4) is 0 Å². The Labute approximate surface area is 145 Å². The Kier molecular flexibility index (Phi) is 5.15. The van der Waals surface area contributed by atoms with Crippen molar-refractivity contribution in [2.75, 3.05) is 39.4 Å². The molecule has 1 fully saturated rings. The molecule has 0 aliphatic carbocycles. The molecule has 1 saturated heterocycles. The number of quaternary nitrogens is 1. The van der Waals surface area contributed by atoms with E-state index in [4.69, 9.17) is 4.74 Å². The van der Waals surface area contributed by atoms with Gasteiger partial charge >= 0.3 is 0 Å². The molecule has 0 spiro atoms. The number of Topliss-reactive ketones (excluding diaryl/α,β-unsaturated/α-hetero) is 1. The van der Waals surface area contributed by atoms with E-state index in [-0.39, 0.29) is 11.4 Å². The summed E-state index contributed by atoms with van der Waals surface area (Å²) in [5.41, 5.74) is 0.521. The number of hydrogen-bond donors (Lipinski definition) is 2. The molecule has 1 amide bonds. The molecular weight excluding hydrogens is 327 g/mol. The van der Waals surface area contributed by atoms with Crippen LogP contribution < -0.4 is 4.90 Å². The van der Waals surface area contributed by atoms with Crippen LogP contribution in [0, 0.1) is 5.82 Å². The predicted molar refractivity (Wildman–Crippen MR) is 87.6 cm³/mol. The number of carbonyl (C=O) groups is 2. The standard InChI is InChI=1S/C18H21FN2O4/c1-12(22)15-16(13-3-2-4-14(19)11-13)21(18(24)17(15)23)6-5-20-7-9-25-10-8-20/h2-4,11,16,23H,5-10H2,1H3/p+1/t16-/m1/s1. The summed E-state index contributed by atoms with van der Waals surface area (Å²) in [6, 6.07) is 5.06. The van der Waals surface area contributed by atoms with Crippen LogP contribution in [-0.4, -0.2) is 61.1 Å². The lowest BCUT2D eigenvalue weighted by Gasteiger charge is -2.29. The minimum Gasteiger partial charge on any atom is -0.503 e. The summed E-state index contributed by atoms with van der Waals surface area (Å²) in [7, 11) is 0. The Hall–Kier alpha value is -2.25. The molecule has 6 nitrogen and oxygen atoms in total. The number of halogens is 1. The Morgan fingerprint density at radius 2 is 2.12 bits per heavy atom. The molecule has 2 aliphatic rings. The van der Waals surface area contributed by atoms with Crippen molar-refractivity contribution in [3.63, 3.8) is 0 Å². The summed E-state index contributed by atoms with van der Waals surface area (Å²) in [6.45, 7) is 5.42. The number of ether oxygens (including phenoxy) is 1. The second kappa shape index (κ2) is 7.33. The van der Waals surface area contributed by atoms with Gasteiger partial charge in [-0.2, -0.15) is 0 Å². The van der Waals surface area contributed by atoms with E-state index in [1.807, 2.05) is 0 Å². The number of rotatable bonds is 5. The molecule has 2 heterocycles. The third-order valence-corrected chi connectivity index (χ3v) is 4.75. The molecule has 3 rings (SSSR count). The van der Waals surface area contributed by atoms with Crippen molar-refractivity contribution in [2.24, 2.45) is 0 Å². The molecule has 1 aromatic carbocycles. The molecule has 1 aromatic rings. The lowest BCUT2D eigenvalue weighted by molar-refractivity contribution is -0.907. The van der Waals surface area contributed by atoms with Gasteiger partial charge in [0.1, 0.15) is 18.9 Å². The fourth-order valence-corrected chi connectivity index (χ4v) is 3.46. The van der Waals surface area contributed by atoms with Gasteiger partial charge in [-0.25, -0.2) is 4.39 Å². The van der Waals surface area contributed by atoms with Crippen LogP contribution in [0.1, 0.15) is 18.5 Å². The SMILES string of the molecule is CC(=O)C1=C(O)C(=O)N(CC[NH+]2CCOCC2)[C@@H]1c1cccc(F)c1. The fraction of sp³-hybridized carbons (Fsp3) is 0.444. The van der Waals surface area contributed by atoms with Crippen molar-refractivity contribution in [2.45, 2.75) is 13.0 Å². The number of morpholine rings is 1. The van der Waals surface area contributed by atoms with Crippen LogP contribution in [0.2, 0.25) is 0 Å². The normalized spacial score (nSPS) is 21.9. The highest BCUT2D eigenvalue weighted by Crippen LogP contribution is 2.37. The van der Waals surface area contributed by atoms with E-state index >= 15 is 0 Å². The second-order valence-electron chi connectivity index (χ2n) is 6.39. The largest absolute Gasteiger partial charge is 0.503 e. The molecule has 0 saturated carbocycles. The molecule has 2 N–H and O–H groups in total. The van der Waals surface area contributed by atoms with E-state index in [0.717, 1.165) is 13.1 Å². The van der Waals surface area contributed by atoms with Crippen LogP contribution in [-0.2, 0) is 14.3 Å². The molecule has 0 aromatic heterocycles. The lowest BCUT2D eigenvalue weighted by Crippen LogP contribution is -3.14. The number of nitrogens with one attached hydrogen (secondary N) is 1. The average molecular weight is 349 g/mol. The molecule has 0 bridgehead atoms. The highest BCUT2D eigenvalue weighted by Gasteiger charge is 2.42. The minimum atomic E-state index is -0.749. The van der Waals surface area contributed by atoms with E-state index in [1.165, 1.54) is 34.9 Å². The number of ketones is 1. The van der Waals surface area contributed by atoms with Crippen LogP contribution >= 0.6 is 0 Å². The maximum absolute atomic E-state index is 13.7. The zero-order valence-electron chi connectivity index (χ0n) is 14.1. The Morgan fingerprint density at radius 3 is 2.76 bits per heavy atom. The third kappa shape index (κ3) is 3.57. The summed E-state index contributed by atoms with van der Waals surface area (Å²) < 4.78 is 19.0. The van der Waals surface area contributed by atoms with Crippen molar-refractivity contribution in [1.82, 2.24) is 4.90 Å². The van der Waals surface area contributed by atoms with E-state index in [1.54, 1.807) is 6.07 Å². The number of aliphatic hydroxyl groups is 1. The summed E-state index contributed by atoms with van der Waals surface area (Å²) in [6.07, 6.45) is 0. The molecule has 2 aliphatic heterocycles. The first-order chi connectivity index (χ1) is 12.0. The highest BCUT2D eigenvalue weighted by atomic mass is 19.1. The molecular formula is C18H22FN2O4+. The van der Waals surface area contributed by atoms with Gasteiger partial charge in [0.05, 0.1) is 37.9 Å². The molecule has 25 heavy (non-hydrogen) atoms. The smallest absolute Gasteiger partial charge is 0.290 e. The fourth-order valence-electron chi connectivity index (χ4n) is 3.46. The molecule has 1 atom stereocenters. The van der Waals surface area contributed by atoms with Gasteiger partial charge in [-0.1, -0.05) is 12.1 Å². The number of nitrogens with zero attached hydrogens (tertiary/aromatic N) is 1. The number of aliphatic hydroxyl groups excluding tert-OH is 1. The van der Waals surface area contributed by atoms with E-state index < -0.39 is 23.5 Å². The maximum Gasteiger partial charge on any atom is 0.290 e. The number of carbonyl (C=O) groups excluding carboxylic acids is 2. The Bertz CT molecular complexity index is 713. The number of benzene rings is 1. The minimum absolute atomic E-state index is 0.0348. The van der Waals surface area contributed by atoms with Crippen molar-refractivity contribution in [1.29, 1.82) is 0 Å². The Morgan fingerprint density at radius 1 is 1.40 bits per heavy atom. The highest BCUT2D eigenvalue weighted by molar-refractivity contribution is 6.08. The van der Waals surface area contributed by atoms with E-state index in [2.05, 4.69) is 0 Å². The average Bonchev–Trinajstić information content (AvgIpc) is 2.85. The Balaban J connectivity index is 1.87. The van der Waals surface area contributed by atoms with Crippen LogP contribution in [0.4, 0.5) is 4.39 Å². The monoisotopic (exact) mass is 349 g/mol. The summed E-state index contributed by atoms with van der Waals surface area (Å²) >= 11 is 0. The number of amides is 1. The van der Waals surface area contributed by atoms with Crippen LogP contribution in [0.15, 0.2) is 35.6 Å². The van der Waals surface area contributed by atoms with Crippen LogP contribution in [0.5, 0.6) is 0 Å². The molecule has 134 valence electrons. The first-order valence-corrected chi connectivity index (χ1v) is 8.41. The van der Waals surface area contributed by atoms with Gasteiger partial charge in [0.2, 0.25) is 0 Å². The summed E-state index contributed by atoms with van der Waals surface area (Å²) in [4.78, 5) is 27.3. The molecule has 0 unspecified atom stereocenters. The first-order valence-electron chi connectivity index (χ1n) is 8.41. The van der Waals surface area contributed by atoms with Gasteiger partial charge in [-0.15, -0.1) is 0 Å². The van der Waals surface area contributed by atoms with Crippen LogP contribution in [0.3, 0.4) is 0 Å². The van der Waals surface area contributed by atoms with Crippen molar-refractivity contribution >= 4 is 11.7 Å². The molecule has 0 radical (unpaired) electrons. The topological polar surface area (TPSA) is 71.3 Å².